The number of hydrogen-bond acceptors (Lipinski definition) is 4. The average molecular weight is 401 g/mol. The van der Waals surface area contributed by atoms with Crippen molar-refractivity contribution in [2.75, 3.05) is 18.4 Å². The van der Waals surface area contributed by atoms with Crippen molar-refractivity contribution in [1.29, 1.82) is 0 Å². The van der Waals surface area contributed by atoms with Crippen LogP contribution in [-0.2, 0) is 17.8 Å². The number of nitrogens with one attached hydrogen (secondary N) is 2. The minimum absolute atomic E-state index is 0.0585. The molecule has 142 valence electrons. The number of para-hydroxylation sites is 1. The van der Waals surface area contributed by atoms with Crippen LogP contribution in [0.3, 0.4) is 0 Å². The molecule has 1 aliphatic heterocycles. The molecule has 0 radical (unpaired) electrons. The van der Waals surface area contributed by atoms with Crippen molar-refractivity contribution in [3.8, 4) is 10.6 Å². The Morgan fingerprint density at radius 3 is 2.74 bits per heavy atom. The van der Waals surface area contributed by atoms with Gasteiger partial charge in [0.25, 0.3) is 0 Å². The van der Waals surface area contributed by atoms with E-state index in [4.69, 9.17) is 4.98 Å². The second kappa shape index (κ2) is 7.00. The van der Waals surface area contributed by atoms with E-state index in [-0.39, 0.29) is 5.91 Å². The summed E-state index contributed by atoms with van der Waals surface area (Å²) in [6, 6.07) is 8.26. The Morgan fingerprint density at radius 1 is 1.26 bits per heavy atom. The van der Waals surface area contributed by atoms with Crippen LogP contribution in [0.15, 0.2) is 24.3 Å². The van der Waals surface area contributed by atoms with E-state index in [9.17, 15) is 4.79 Å². The fraction of sp³-hybridized carbons (Fsp3) is 0.429. The number of amides is 1. The summed E-state index contributed by atoms with van der Waals surface area (Å²) in [4.78, 5) is 20.6. The summed E-state index contributed by atoms with van der Waals surface area (Å²) in [7, 11) is 0. The van der Waals surface area contributed by atoms with Gasteiger partial charge in [-0.15, -0.1) is 22.7 Å². The van der Waals surface area contributed by atoms with Gasteiger partial charge in [0, 0.05) is 17.4 Å². The first-order valence-corrected chi connectivity index (χ1v) is 11.2. The number of benzene rings is 1. The lowest BCUT2D eigenvalue weighted by atomic mass is 9.95. The van der Waals surface area contributed by atoms with Crippen molar-refractivity contribution in [1.82, 2.24) is 4.98 Å². The van der Waals surface area contributed by atoms with Crippen molar-refractivity contribution in [2.45, 2.75) is 40.7 Å². The van der Waals surface area contributed by atoms with Crippen molar-refractivity contribution in [3.63, 3.8) is 0 Å². The van der Waals surface area contributed by atoms with Gasteiger partial charge in [0.15, 0.2) is 0 Å². The number of likely N-dealkylation sites (N-methyl/N-ethyl adjacent to an activating group) is 1. The molecule has 1 aliphatic rings. The molecule has 1 amide bonds. The number of thiophene rings is 1. The number of quaternary nitrogens is 1. The van der Waals surface area contributed by atoms with Crippen molar-refractivity contribution >= 4 is 43.8 Å². The lowest BCUT2D eigenvalue weighted by molar-refractivity contribution is -0.913. The Hall–Kier alpha value is -1.76. The molecule has 4 nitrogen and oxygen atoms in total. The first kappa shape index (κ1) is 18.6. The maximum Gasteiger partial charge on any atom is 0.230 e. The van der Waals surface area contributed by atoms with Crippen LogP contribution < -0.4 is 10.2 Å². The highest BCUT2D eigenvalue weighted by Crippen LogP contribution is 2.44. The van der Waals surface area contributed by atoms with Crippen LogP contribution in [0.1, 0.15) is 38.1 Å². The molecule has 1 atom stereocenters. The summed E-state index contributed by atoms with van der Waals surface area (Å²) in [6.07, 6.45) is 1.05. The smallest absolute Gasteiger partial charge is 0.230 e. The summed E-state index contributed by atoms with van der Waals surface area (Å²) in [5.41, 5.74) is 3.15. The van der Waals surface area contributed by atoms with Gasteiger partial charge in [-0.25, -0.2) is 4.98 Å². The molecule has 2 aromatic heterocycles. The van der Waals surface area contributed by atoms with Gasteiger partial charge in [0.1, 0.15) is 16.6 Å². The zero-order chi connectivity index (χ0) is 19.2. The van der Waals surface area contributed by atoms with Gasteiger partial charge >= 0.3 is 0 Å². The SMILES string of the molecule is CC[NH+]1CCc2c(sc(NC(=O)C(C)(C)C)c2-c2nc3ccccc3s2)C1. The highest BCUT2D eigenvalue weighted by molar-refractivity contribution is 7.22. The Kier molecular flexibility index (Phi) is 4.82. The molecule has 0 saturated heterocycles. The van der Waals surface area contributed by atoms with Crippen LogP contribution in [0.25, 0.3) is 20.8 Å². The minimum atomic E-state index is -0.421. The topological polar surface area (TPSA) is 46.4 Å². The Bertz CT molecular complexity index is 964. The third-order valence-corrected chi connectivity index (χ3v) is 7.35. The van der Waals surface area contributed by atoms with E-state index in [0.29, 0.717) is 0 Å². The van der Waals surface area contributed by atoms with Crippen LogP contribution in [0.2, 0.25) is 0 Å². The van der Waals surface area contributed by atoms with Crippen LogP contribution in [-0.4, -0.2) is 24.0 Å². The molecule has 0 spiro atoms. The second-order valence-electron chi connectivity index (χ2n) is 8.18. The van der Waals surface area contributed by atoms with Gasteiger partial charge in [0.2, 0.25) is 5.91 Å². The summed E-state index contributed by atoms with van der Waals surface area (Å²) < 4.78 is 1.19. The number of carbonyl (C=O) groups is 1. The van der Waals surface area contributed by atoms with Gasteiger partial charge < -0.3 is 10.2 Å². The number of fused-ring (bicyclic) bond motifs is 2. The number of anilines is 1. The summed E-state index contributed by atoms with van der Waals surface area (Å²) in [5.74, 6) is 0.0585. The first-order chi connectivity index (χ1) is 12.9. The molecule has 3 heterocycles. The Labute approximate surface area is 168 Å². The maximum atomic E-state index is 12.7. The molecular formula is C21H26N3OS2+. The number of aromatic nitrogens is 1. The highest BCUT2D eigenvalue weighted by Gasteiger charge is 2.30. The summed E-state index contributed by atoms with van der Waals surface area (Å²) >= 11 is 3.46. The second-order valence-corrected chi connectivity index (χ2v) is 10.3. The predicted octanol–water partition coefficient (Wildman–Crippen LogP) is 3.97. The van der Waals surface area contributed by atoms with Gasteiger partial charge in [-0.1, -0.05) is 32.9 Å². The molecule has 0 bridgehead atoms. The van der Waals surface area contributed by atoms with Crippen LogP contribution in [0.4, 0.5) is 5.00 Å². The van der Waals surface area contributed by atoms with E-state index in [0.717, 1.165) is 47.1 Å². The number of hydrogen-bond donors (Lipinski definition) is 2. The molecule has 1 unspecified atom stereocenters. The molecule has 0 aliphatic carbocycles. The van der Waals surface area contributed by atoms with Gasteiger partial charge in [0.05, 0.1) is 28.2 Å². The number of carbonyl (C=O) groups excluding carboxylic acids is 1. The zero-order valence-corrected chi connectivity index (χ0v) is 17.9. The maximum absolute atomic E-state index is 12.7. The van der Waals surface area contributed by atoms with E-state index in [1.54, 1.807) is 27.6 Å². The summed E-state index contributed by atoms with van der Waals surface area (Å²) in [6.45, 7) is 11.4. The van der Waals surface area contributed by atoms with E-state index in [2.05, 4.69) is 30.4 Å². The predicted molar refractivity (Wildman–Crippen MR) is 115 cm³/mol. The normalized spacial score (nSPS) is 17.1. The molecule has 0 fully saturated rings. The van der Waals surface area contributed by atoms with E-state index < -0.39 is 5.41 Å². The molecule has 4 rings (SSSR count). The Balaban J connectivity index is 1.82. The molecular weight excluding hydrogens is 374 g/mol. The van der Waals surface area contributed by atoms with Gasteiger partial charge in [-0.05, 0) is 24.6 Å². The van der Waals surface area contributed by atoms with Crippen molar-refractivity contribution in [2.24, 2.45) is 5.41 Å². The number of nitrogens with zero attached hydrogens (tertiary/aromatic N) is 1. The zero-order valence-electron chi connectivity index (χ0n) is 16.3. The van der Waals surface area contributed by atoms with E-state index >= 15 is 0 Å². The third kappa shape index (κ3) is 3.53. The number of thiazole rings is 1. The fourth-order valence-electron chi connectivity index (χ4n) is 3.42. The van der Waals surface area contributed by atoms with Crippen molar-refractivity contribution < 1.29 is 9.69 Å². The lowest BCUT2D eigenvalue weighted by Gasteiger charge is -2.22. The molecule has 2 N–H and O–H groups in total. The molecule has 27 heavy (non-hydrogen) atoms. The molecule has 6 heteroatoms. The fourth-order valence-corrected chi connectivity index (χ4v) is 5.85. The standard InChI is InChI=1S/C21H25N3OS2/c1-5-24-11-10-13-16(12-24)27-19(23-20(25)21(2,3)4)17(13)18-22-14-8-6-7-9-15(14)26-18/h6-9H,5,10-12H2,1-4H3,(H,23,25)/p+1. The quantitative estimate of drug-likeness (QED) is 0.699. The van der Waals surface area contributed by atoms with E-state index in [1.807, 2.05) is 26.8 Å². The van der Waals surface area contributed by atoms with Crippen molar-refractivity contribution in [3.05, 3.63) is 34.7 Å². The third-order valence-electron chi connectivity index (χ3n) is 5.15. The highest BCUT2D eigenvalue weighted by atomic mass is 32.1. The molecule has 1 aromatic carbocycles. The van der Waals surface area contributed by atoms with Crippen LogP contribution >= 0.6 is 22.7 Å². The number of rotatable bonds is 3. The van der Waals surface area contributed by atoms with Gasteiger partial charge in [-0.3, -0.25) is 4.79 Å². The lowest BCUT2D eigenvalue weighted by Crippen LogP contribution is -3.11. The Morgan fingerprint density at radius 2 is 2.04 bits per heavy atom. The van der Waals surface area contributed by atoms with Crippen LogP contribution in [0, 0.1) is 5.41 Å². The minimum Gasteiger partial charge on any atom is -0.330 e. The average Bonchev–Trinajstić information content (AvgIpc) is 3.20. The first-order valence-electron chi connectivity index (χ1n) is 9.52. The van der Waals surface area contributed by atoms with Gasteiger partial charge in [-0.2, -0.15) is 0 Å². The monoisotopic (exact) mass is 400 g/mol. The summed E-state index contributed by atoms with van der Waals surface area (Å²) in [5, 5.41) is 5.21. The molecule has 0 saturated carbocycles. The van der Waals surface area contributed by atoms with Crippen LogP contribution in [0.5, 0.6) is 0 Å². The molecule has 3 aromatic rings. The van der Waals surface area contributed by atoms with E-state index in [1.165, 1.54) is 15.1 Å². The largest absolute Gasteiger partial charge is 0.330 e.